The van der Waals surface area contributed by atoms with Gasteiger partial charge in [-0.15, -0.1) is 0 Å². The monoisotopic (exact) mass is 744 g/mol. The van der Waals surface area contributed by atoms with Crippen LogP contribution in [-0.4, -0.2) is 103 Å². The van der Waals surface area contributed by atoms with E-state index in [1.807, 2.05) is 20.8 Å². The molecule has 2 saturated heterocycles. The largest absolute Gasteiger partial charge is 0.444 e. The Morgan fingerprint density at radius 2 is 1.65 bits per heavy atom. The Balaban J connectivity index is 1.04. The number of piperazine rings is 1. The number of anilines is 1. The number of allylic oxidation sites excluding steroid dienone is 1. The summed E-state index contributed by atoms with van der Waals surface area (Å²) in [6.07, 6.45) is -2.69. The number of ether oxygens (including phenoxy) is 1. The van der Waals surface area contributed by atoms with Gasteiger partial charge in [0.15, 0.2) is 11.5 Å². The third-order valence-electron chi connectivity index (χ3n) is 9.40. The van der Waals surface area contributed by atoms with E-state index in [9.17, 15) is 32.3 Å². The van der Waals surface area contributed by atoms with Crippen LogP contribution in [0.15, 0.2) is 42.7 Å². The molecule has 1 aliphatic carbocycles. The molecule has 1 saturated carbocycles. The molecule has 0 spiro atoms. The van der Waals surface area contributed by atoms with Gasteiger partial charge in [-0.2, -0.15) is 18.3 Å². The van der Waals surface area contributed by atoms with Gasteiger partial charge >= 0.3 is 12.3 Å². The number of fused-ring (bicyclic) bond motifs is 1. The SMILES string of the molecule is C=C(C)Cn1cc(-c2cnc(C(=O)Nc3ccc(C(=O)N4CCN(C(=O)C5[C@H]6CN(C(=O)OC(C)(C)C)C[C@@H]56)CC4)c(Cl)c3)n2C)c(C(F)(F)F)n1. The summed E-state index contributed by atoms with van der Waals surface area (Å²) < 4.78 is 49.3. The molecule has 6 rings (SSSR count). The van der Waals surface area contributed by atoms with E-state index in [1.54, 1.807) is 21.6 Å². The number of likely N-dealkylation sites (tertiary alicyclic amines) is 1. The lowest BCUT2D eigenvalue weighted by atomic mass is 10.1. The molecule has 4 heterocycles. The van der Waals surface area contributed by atoms with E-state index >= 15 is 0 Å². The number of carbonyl (C=O) groups excluding carboxylic acids is 4. The molecular formula is C35H40ClF3N8O5. The number of nitrogens with zero attached hydrogens (tertiary/aromatic N) is 7. The number of imidazole rings is 1. The lowest BCUT2D eigenvalue weighted by Gasteiger charge is -2.35. The molecule has 0 radical (unpaired) electrons. The van der Waals surface area contributed by atoms with Gasteiger partial charge < -0.3 is 29.3 Å². The van der Waals surface area contributed by atoms with Crippen molar-refractivity contribution >= 4 is 41.1 Å². The van der Waals surface area contributed by atoms with Crippen molar-refractivity contribution in [1.82, 2.24) is 34.0 Å². The van der Waals surface area contributed by atoms with Crippen LogP contribution in [-0.2, 0) is 29.3 Å². The van der Waals surface area contributed by atoms with E-state index in [1.165, 1.54) is 42.2 Å². The maximum absolute atomic E-state index is 13.8. The van der Waals surface area contributed by atoms with Crippen LogP contribution in [0.4, 0.5) is 23.7 Å². The number of hydrogen-bond donors (Lipinski definition) is 1. The van der Waals surface area contributed by atoms with E-state index in [-0.39, 0.29) is 75.6 Å². The molecule has 52 heavy (non-hydrogen) atoms. The summed E-state index contributed by atoms with van der Waals surface area (Å²) >= 11 is 6.50. The van der Waals surface area contributed by atoms with Crippen LogP contribution in [0.25, 0.3) is 11.3 Å². The molecule has 1 unspecified atom stereocenters. The zero-order valence-corrected chi connectivity index (χ0v) is 30.2. The third-order valence-corrected chi connectivity index (χ3v) is 9.71. The fourth-order valence-electron chi connectivity index (χ4n) is 6.88. The fourth-order valence-corrected chi connectivity index (χ4v) is 7.14. The molecule has 278 valence electrons. The van der Waals surface area contributed by atoms with Crippen molar-refractivity contribution in [1.29, 1.82) is 0 Å². The Morgan fingerprint density at radius 1 is 1.02 bits per heavy atom. The molecule has 13 nitrogen and oxygen atoms in total. The zero-order valence-electron chi connectivity index (χ0n) is 29.5. The third kappa shape index (κ3) is 7.52. The van der Waals surface area contributed by atoms with Gasteiger partial charge in [-0.1, -0.05) is 23.8 Å². The molecule has 17 heteroatoms. The van der Waals surface area contributed by atoms with Crippen LogP contribution >= 0.6 is 11.6 Å². The summed E-state index contributed by atoms with van der Waals surface area (Å²) in [4.78, 5) is 61.3. The van der Waals surface area contributed by atoms with E-state index in [0.717, 1.165) is 4.68 Å². The highest BCUT2D eigenvalue weighted by Crippen LogP contribution is 2.53. The van der Waals surface area contributed by atoms with Gasteiger partial charge in [-0.05, 0) is 57.7 Å². The summed E-state index contributed by atoms with van der Waals surface area (Å²) in [7, 11) is 1.42. The number of aromatic nitrogens is 4. The Hall–Kier alpha value is -4.86. The number of amides is 4. The van der Waals surface area contributed by atoms with Crippen molar-refractivity contribution in [3.05, 3.63) is 64.8 Å². The molecule has 3 atom stereocenters. The van der Waals surface area contributed by atoms with Crippen molar-refractivity contribution in [2.24, 2.45) is 24.8 Å². The molecule has 2 aromatic heterocycles. The summed E-state index contributed by atoms with van der Waals surface area (Å²) in [5, 5.41) is 6.41. The van der Waals surface area contributed by atoms with Crippen molar-refractivity contribution in [2.75, 3.05) is 44.6 Å². The number of alkyl halides is 3. The summed E-state index contributed by atoms with van der Waals surface area (Å²) in [6, 6.07) is 4.39. The molecule has 1 N–H and O–H groups in total. The van der Waals surface area contributed by atoms with E-state index < -0.39 is 23.4 Å². The first kappa shape index (κ1) is 36.9. The van der Waals surface area contributed by atoms with Crippen molar-refractivity contribution in [3.63, 3.8) is 0 Å². The number of benzene rings is 1. The quantitative estimate of drug-likeness (QED) is 0.330. The molecular weight excluding hydrogens is 705 g/mol. The second-order valence-electron chi connectivity index (χ2n) is 14.6. The van der Waals surface area contributed by atoms with Gasteiger partial charge in [0.25, 0.3) is 11.8 Å². The van der Waals surface area contributed by atoms with E-state index in [2.05, 4.69) is 22.0 Å². The highest BCUT2D eigenvalue weighted by molar-refractivity contribution is 6.34. The second kappa shape index (κ2) is 13.6. The fraction of sp³-hybridized carbons (Fsp3) is 0.486. The van der Waals surface area contributed by atoms with E-state index in [4.69, 9.17) is 16.3 Å². The molecule has 2 aliphatic heterocycles. The van der Waals surface area contributed by atoms with Gasteiger partial charge in [-0.3, -0.25) is 19.1 Å². The molecule has 3 aliphatic rings. The summed E-state index contributed by atoms with van der Waals surface area (Å²) in [5.41, 5.74) is -0.819. The molecule has 4 amide bonds. The Bertz CT molecular complexity index is 1930. The topological polar surface area (TPSA) is 135 Å². The number of carbonyl (C=O) groups is 4. The minimum atomic E-state index is -4.74. The first-order chi connectivity index (χ1) is 24.3. The van der Waals surface area contributed by atoms with Crippen LogP contribution in [0.1, 0.15) is 54.4 Å². The van der Waals surface area contributed by atoms with Gasteiger partial charge in [0.1, 0.15) is 5.60 Å². The van der Waals surface area contributed by atoms with Crippen molar-refractivity contribution < 1.29 is 37.1 Å². The summed E-state index contributed by atoms with van der Waals surface area (Å²) in [6.45, 7) is 13.3. The first-order valence-electron chi connectivity index (χ1n) is 16.8. The zero-order chi connectivity index (χ0) is 37.9. The number of piperidine rings is 1. The van der Waals surface area contributed by atoms with Gasteiger partial charge in [0.2, 0.25) is 5.91 Å². The maximum Gasteiger partial charge on any atom is 0.435 e. The molecule has 0 bridgehead atoms. The predicted octanol–water partition coefficient (Wildman–Crippen LogP) is 5.18. The first-order valence-corrected chi connectivity index (χ1v) is 17.2. The Kier molecular flexibility index (Phi) is 9.66. The van der Waals surface area contributed by atoms with E-state index in [0.29, 0.717) is 44.8 Å². The van der Waals surface area contributed by atoms with Crippen LogP contribution in [0.5, 0.6) is 0 Å². The molecule has 3 fully saturated rings. The summed E-state index contributed by atoms with van der Waals surface area (Å²) in [5.74, 6) is -1.03. The Labute approximate surface area is 303 Å². The Morgan fingerprint density at radius 3 is 2.23 bits per heavy atom. The molecule has 3 aromatic rings. The normalized spacial score (nSPS) is 20.1. The van der Waals surface area contributed by atoms with Crippen molar-refractivity contribution in [2.45, 2.75) is 46.0 Å². The smallest absolute Gasteiger partial charge is 0.435 e. The number of rotatable bonds is 7. The lowest BCUT2D eigenvalue weighted by molar-refractivity contribution is -0.141. The van der Waals surface area contributed by atoms with Gasteiger partial charge in [-0.25, -0.2) is 9.78 Å². The van der Waals surface area contributed by atoms with Crippen LogP contribution in [0.2, 0.25) is 5.02 Å². The minimum Gasteiger partial charge on any atom is -0.444 e. The van der Waals surface area contributed by atoms with Crippen LogP contribution < -0.4 is 5.32 Å². The average Bonchev–Trinajstić information content (AvgIpc) is 3.40. The van der Waals surface area contributed by atoms with Crippen molar-refractivity contribution in [3.8, 4) is 11.3 Å². The predicted molar refractivity (Wildman–Crippen MR) is 184 cm³/mol. The highest BCUT2D eigenvalue weighted by Gasteiger charge is 2.61. The average molecular weight is 745 g/mol. The van der Waals surface area contributed by atoms with Gasteiger partial charge in [0.05, 0.1) is 34.6 Å². The maximum atomic E-state index is 13.8. The van der Waals surface area contributed by atoms with Crippen LogP contribution in [0.3, 0.4) is 0 Å². The van der Waals surface area contributed by atoms with Crippen LogP contribution in [0, 0.1) is 17.8 Å². The minimum absolute atomic E-state index is 0.0380. The number of hydrogen-bond acceptors (Lipinski definition) is 7. The molecule has 1 aromatic carbocycles. The standard InChI is InChI=1S/C35H40ClF3N8O5/c1-19(2)15-47-18-24(28(42-47)35(37,38)39)26-14-40-29(43(26)6)30(48)41-20-7-8-21(25(36)13-20)31(49)44-9-11-45(12-10-44)32(50)27-22-16-46(17-23(22)27)33(51)52-34(3,4)5/h7-8,13-14,18,22-23,27H,1,9-12,15-17H2,2-6H3,(H,41,48)/t22-,23+,27?. The number of halogens is 4. The lowest BCUT2D eigenvalue weighted by Crippen LogP contribution is -2.51. The number of nitrogens with one attached hydrogen (secondary N) is 1. The second-order valence-corrected chi connectivity index (χ2v) is 15.0. The highest BCUT2D eigenvalue weighted by atomic mass is 35.5. The van der Waals surface area contributed by atoms with Gasteiger partial charge in [0, 0.05) is 64.1 Å².